The van der Waals surface area contributed by atoms with Gasteiger partial charge in [-0.15, -0.1) is 0 Å². The molecule has 2 rings (SSSR count). The maximum atomic E-state index is 11.9. The van der Waals surface area contributed by atoms with Crippen LogP contribution in [0, 0.1) is 0 Å². The molecule has 0 radical (unpaired) electrons. The monoisotopic (exact) mass is 280 g/mol. The third-order valence-corrected chi connectivity index (χ3v) is 3.00. The van der Waals surface area contributed by atoms with Crippen LogP contribution in [-0.2, 0) is 14.3 Å². The lowest BCUT2D eigenvalue weighted by molar-refractivity contribution is -0.121. The highest BCUT2D eigenvalue weighted by molar-refractivity contribution is 6.02. The molecule has 0 aliphatic carbocycles. The summed E-state index contributed by atoms with van der Waals surface area (Å²) in [6, 6.07) is 3.02. The van der Waals surface area contributed by atoms with Crippen molar-refractivity contribution in [2.45, 2.75) is 0 Å². The van der Waals surface area contributed by atoms with Crippen molar-refractivity contribution < 1.29 is 23.8 Å². The molecule has 1 aliphatic rings. The SMILES string of the molecule is COCCN1C(=O)COc2cc(N)c(C(=O)OC)cc21. The summed E-state index contributed by atoms with van der Waals surface area (Å²) in [4.78, 5) is 25.1. The van der Waals surface area contributed by atoms with Gasteiger partial charge in [-0.1, -0.05) is 0 Å². The van der Waals surface area contributed by atoms with Crippen molar-refractivity contribution in [2.75, 3.05) is 44.6 Å². The Balaban J connectivity index is 2.43. The van der Waals surface area contributed by atoms with Crippen molar-refractivity contribution in [1.29, 1.82) is 0 Å². The van der Waals surface area contributed by atoms with Crippen LogP contribution in [0.3, 0.4) is 0 Å². The van der Waals surface area contributed by atoms with Crippen LogP contribution in [-0.4, -0.2) is 45.9 Å². The number of amides is 1. The molecular formula is C13H16N2O5. The molecular weight excluding hydrogens is 264 g/mol. The zero-order valence-corrected chi connectivity index (χ0v) is 11.3. The summed E-state index contributed by atoms with van der Waals surface area (Å²) >= 11 is 0. The van der Waals surface area contributed by atoms with E-state index in [0.717, 1.165) is 0 Å². The minimum atomic E-state index is -0.560. The molecule has 0 unspecified atom stereocenters. The second-order valence-corrected chi connectivity index (χ2v) is 4.23. The summed E-state index contributed by atoms with van der Waals surface area (Å²) in [5, 5.41) is 0. The number of benzene rings is 1. The molecule has 1 aromatic rings. The van der Waals surface area contributed by atoms with E-state index in [1.165, 1.54) is 24.1 Å². The summed E-state index contributed by atoms with van der Waals surface area (Å²) in [6.45, 7) is 0.688. The highest BCUT2D eigenvalue weighted by Gasteiger charge is 2.27. The molecule has 20 heavy (non-hydrogen) atoms. The first-order valence-corrected chi connectivity index (χ1v) is 6.02. The Morgan fingerprint density at radius 2 is 2.20 bits per heavy atom. The van der Waals surface area contributed by atoms with Crippen molar-refractivity contribution in [3.8, 4) is 5.75 Å². The van der Waals surface area contributed by atoms with E-state index < -0.39 is 5.97 Å². The molecule has 0 saturated carbocycles. The predicted octanol–water partition coefficient (Wildman–Crippen LogP) is 0.427. The minimum absolute atomic E-state index is 0.0618. The fraction of sp³-hybridized carbons (Fsp3) is 0.385. The Hall–Kier alpha value is -2.28. The zero-order valence-electron chi connectivity index (χ0n) is 11.3. The Bertz CT molecular complexity index is 544. The van der Waals surface area contributed by atoms with Crippen LogP contribution < -0.4 is 15.4 Å². The number of esters is 1. The summed E-state index contributed by atoms with van der Waals surface area (Å²) < 4.78 is 15.0. The molecule has 0 spiro atoms. The summed E-state index contributed by atoms with van der Waals surface area (Å²) in [6.07, 6.45) is 0. The molecule has 7 heteroatoms. The van der Waals surface area contributed by atoms with E-state index in [0.29, 0.717) is 24.6 Å². The average molecular weight is 280 g/mol. The molecule has 1 aliphatic heterocycles. The maximum Gasteiger partial charge on any atom is 0.340 e. The van der Waals surface area contributed by atoms with Gasteiger partial charge in [0.2, 0.25) is 0 Å². The standard InChI is InChI=1S/C13H16N2O5/c1-18-4-3-15-10-5-8(13(17)19-2)9(14)6-11(10)20-7-12(15)16/h5-6H,3-4,7,14H2,1-2H3. The zero-order chi connectivity index (χ0) is 14.7. The Morgan fingerprint density at radius 3 is 2.85 bits per heavy atom. The van der Waals surface area contributed by atoms with Gasteiger partial charge in [-0.2, -0.15) is 0 Å². The van der Waals surface area contributed by atoms with Crippen LogP contribution >= 0.6 is 0 Å². The second kappa shape index (κ2) is 5.79. The number of nitrogens with two attached hydrogens (primary N) is 1. The molecule has 2 N–H and O–H groups in total. The lowest BCUT2D eigenvalue weighted by Crippen LogP contribution is -2.40. The van der Waals surface area contributed by atoms with E-state index in [1.807, 2.05) is 0 Å². The number of ether oxygens (including phenoxy) is 3. The molecule has 0 aromatic heterocycles. The quantitative estimate of drug-likeness (QED) is 0.635. The normalized spacial score (nSPS) is 13.7. The molecule has 108 valence electrons. The van der Waals surface area contributed by atoms with Gasteiger partial charge in [-0.25, -0.2) is 4.79 Å². The van der Waals surface area contributed by atoms with Crippen molar-refractivity contribution in [1.82, 2.24) is 0 Å². The van der Waals surface area contributed by atoms with Gasteiger partial charge < -0.3 is 24.8 Å². The first-order chi connectivity index (χ1) is 9.58. The van der Waals surface area contributed by atoms with Crippen LogP contribution in [0.1, 0.15) is 10.4 Å². The molecule has 0 bridgehead atoms. The Labute approximate surface area is 116 Å². The van der Waals surface area contributed by atoms with Gasteiger partial charge >= 0.3 is 5.97 Å². The van der Waals surface area contributed by atoms with Crippen LogP contribution in [0.4, 0.5) is 11.4 Å². The number of nitrogen functional groups attached to an aromatic ring is 1. The van der Waals surface area contributed by atoms with Crippen LogP contribution in [0.2, 0.25) is 0 Å². The Morgan fingerprint density at radius 1 is 1.45 bits per heavy atom. The van der Waals surface area contributed by atoms with E-state index in [4.69, 9.17) is 15.2 Å². The maximum absolute atomic E-state index is 11.9. The number of nitrogens with zero attached hydrogens (tertiary/aromatic N) is 1. The summed E-state index contributed by atoms with van der Waals surface area (Å²) in [5.41, 5.74) is 6.73. The number of rotatable bonds is 4. The molecule has 1 amide bonds. The van der Waals surface area contributed by atoms with Gasteiger partial charge in [0.05, 0.1) is 25.0 Å². The third-order valence-electron chi connectivity index (χ3n) is 3.00. The molecule has 1 heterocycles. The number of hydrogen-bond donors (Lipinski definition) is 1. The van der Waals surface area contributed by atoms with E-state index in [9.17, 15) is 9.59 Å². The lowest BCUT2D eigenvalue weighted by atomic mass is 10.1. The third kappa shape index (κ3) is 2.53. The number of methoxy groups -OCH3 is 2. The van der Waals surface area contributed by atoms with Gasteiger partial charge in [0.15, 0.2) is 6.61 Å². The largest absolute Gasteiger partial charge is 0.481 e. The highest BCUT2D eigenvalue weighted by Crippen LogP contribution is 2.36. The van der Waals surface area contributed by atoms with Gasteiger partial charge in [-0.3, -0.25) is 4.79 Å². The van der Waals surface area contributed by atoms with Crippen molar-refractivity contribution >= 4 is 23.3 Å². The number of hydrogen-bond acceptors (Lipinski definition) is 6. The molecule has 0 fully saturated rings. The smallest absolute Gasteiger partial charge is 0.340 e. The van der Waals surface area contributed by atoms with Crippen LogP contribution in [0.25, 0.3) is 0 Å². The van der Waals surface area contributed by atoms with Gasteiger partial charge in [0.1, 0.15) is 5.75 Å². The lowest BCUT2D eigenvalue weighted by Gasteiger charge is -2.29. The highest BCUT2D eigenvalue weighted by atomic mass is 16.5. The van der Waals surface area contributed by atoms with E-state index in [1.54, 1.807) is 7.11 Å². The van der Waals surface area contributed by atoms with Crippen molar-refractivity contribution in [2.24, 2.45) is 0 Å². The fourth-order valence-electron chi connectivity index (χ4n) is 1.98. The fourth-order valence-corrected chi connectivity index (χ4v) is 1.98. The first-order valence-electron chi connectivity index (χ1n) is 6.02. The molecule has 0 atom stereocenters. The molecule has 1 aromatic carbocycles. The number of anilines is 2. The minimum Gasteiger partial charge on any atom is -0.481 e. The van der Waals surface area contributed by atoms with Gasteiger partial charge in [0, 0.05) is 25.4 Å². The molecule has 0 saturated heterocycles. The number of carbonyl (C=O) groups is 2. The van der Waals surface area contributed by atoms with E-state index >= 15 is 0 Å². The topological polar surface area (TPSA) is 91.1 Å². The number of carbonyl (C=O) groups excluding carboxylic acids is 2. The average Bonchev–Trinajstić information content (AvgIpc) is 2.45. The predicted molar refractivity (Wildman–Crippen MR) is 71.9 cm³/mol. The van der Waals surface area contributed by atoms with E-state index in [-0.39, 0.29) is 23.8 Å². The Kier molecular flexibility index (Phi) is 4.09. The van der Waals surface area contributed by atoms with Gasteiger partial charge in [0.25, 0.3) is 5.91 Å². The summed E-state index contributed by atoms with van der Waals surface area (Å²) in [7, 11) is 2.82. The summed E-state index contributed by atoms with van der Waals surface area (Å²) in [5.74, 6) is -0.295. The first kappa shape index (κ1) is 14.1. The number of fused-ring (bicyclic) bond motifs is 1. The van der Waals surface area contributed by atoms with Crippen molar-refractivity contribution in [3.63, 3.8) is 0 Å². The van der Waals surface area contributed by atoms with Gasteiger partial charge in [-0.05, 0) is 6.07 Å². The van der Waals surface area contributed by atoms with Crippen molar-refractivity contribution in [3.05, 3.63) is 17.7 Å². The molecule has 7 nitrogen and oxygen atoms in total. The van der Waals surface area contributed by atoms with E-state index in [2.05, 4.69) is 4.74 Å². The second-order valence-electron chi connectivity index (χ2n) is 4.23. The van der Waals surface area contributed by atoms with Crippen LogP contribution in [0.5, 0.6) is 5.75 Å². The van der Waals surface area contributed by atoms with Crippen LogP contribution in [0.15, 0.2) is 12.1 Å².